The van der Waals surface area contributed by atoms with Gasteiger partial charge in [0, 0.05) is 23.2 Å². The van der Waals surface area contributed by atoms with E-state index >= 15 is 0 Å². The molecule has 4 N–H and O–H groups in total. The van der Waals surface area contributed by atoms with Gasteiger partial charge in [-0.3, -0.25) is 23.5 Å². The van der Waals surface area contributed by atoms with Gasteiger partial charge in [0.2, 0.25) is 0 Å². The molecule has 2 fully saturated rings. The molecule has 18 heteroatoms. The number of aromatic hydroxyl groups is 1. The van der Waals surface area contributed by atoms with Gasteiger partial charge in [-0.05, 0) is 125 Å². The summed E-state index contributed by atoms with van der Waals surface area (Å²) in [5, 5.41) is 10.3. The van der Waals surface area contributed by atoms with Crippen molar-refractivity contribution in [2.24, 2.45) is 11.8 Å². The van der Waals surface area contributed by atoms with Crippen LogP contribution >= 0.6 is 0 Å². The fourth-order valence-corrected chi connectivity index (χ4v) is 9.41. The maximum absolute atomic E-state index is 11.3. The predicted octanol–water partition coefficient (Wildman–Crippen LogP) is 3.80. The van der Waals surface area contributed by atoms with Crippen LogP contribution in [0.3, 0.4) is 0 Å². The normalized spacial score (nSPS) is 24.0. The second-order valence-corrected chi connectivity index (χ2v) is 16.5. The highest BCUT2D eigenvalue weighted by atomic mass is 32.3. The van der Waals surface area contributed by atoms with Crippen molar-refractivity contribution in [2.75, 3.05) is 26.2 Å². The molecule has 2 aliphatic heterocycles. The third kappa shape index (κ3) is 9.58. The highest BCUT2D eigenvalue weighted by molar-refractivity contribution is 7.81. The number of rotatable bonds is 10. The molecular weight excluding hydrogens is 717 g/mol. The van der Waals surface area contributed by atoms with Crippen LogP contribution in [0, 0.1) is 11.8 Å². The number of nitrogens with zero attached hydrogens (tertiary/aromatic N) is 2. The average molecular weight is 763 g/mol. The molecule has 4 aliphatic rings. The van der Waals surface area contributed by atoms with Crippen LogP contribution in [0.1, 0.15) is 74.6 Å². The van der Waals surface area contributed by atoms with E-state index in [0.717, 1.165) is 87.8 Å². The lowest BCUT2D eigenvalue weighted by Gasteiger charge is -2.45. The number of hydrogen-bond acceptors (Lipinski definition) is 12. The zero-order valence-electron chi connectivity index (χ0n) is 28.1. The monoisotopic (exact) mass is 762 g/mol. The Hall–Kier alpha value is -2.71. The van der Waals surface area contributed by atoms with Crippen LogP contribution in [0.5, 0.6) is 23.0 Å². The quantitative estimate of drug-likeness (QED) is 0.253. The predicted molar refractivity (Wildman–Crippen MR) is 183 cm³/mol. The molecule has 15 nitrogen and oxygen atoms in total. The maximum Gasteiger partial charge on any atom is 0.446 e. The summed E-state index contributed by atoms with van der Waals surface area (Å²) in [6, 6.07) is 6.88. The first kappa shape index (κ1) is 38.5. The van der Waals surface area contributed by atoms with Gasteiger partial charge in [-0.1, -0.05) is 26.0 Å². The Morgan fingerprint density at radius 1 is 0.640 bits per heavy atom. The van der Waals surface area contributed by atoms with Crippen molar-refractivity contribution in [1.29, 1.82) is 0 Å². The van der Waals surface area contributed by atoms with Gasteiger partial charge in [-0.25, -0.2) is 0 Å². The van der Waals surface area contributed by atoms with Crippen molar-refractivity contribution in [3.63, 3.8) is 0 Å². The van der Waals surface area contributed by atoms with E-state index in [1.165, 1.54) is 12.1 Å². The molecule has 2 aromatic rings. The average Bonchev–Trinajstić information content (AvgIpc) is 3.01. The second-order valence-electron chi connectivity index (χ2n) is 13.4. The molecule has 50 heavy (non-hydrogen) atoms. The summed E-state index contributed by atoms with van der Waals surface area (Å²) >= 11 is 0. The molecule has 2 aliphatic carbocycles. The Kier molecular flexibility index (Phi) is 11.9. The molecule has 0 aromatic heterocycles. The van der Waals surface area contributed by atoms with Crippen LogP contribution in [0.25, 0.3) is 0 Å². The van der Waals surface area contributed by atoms with Crippen molar-refractivity contribution in [2.45, 2.75) is 90.1 Å². The number of hydrogen-bond donors (Lipinski definition) is 4. The third-order valence-electron chi connectivity index (χ3n) is 10.1. The standard InChI is InChI=1S/C16H23NO8S2.C16H23NO5S/c1-2-7-17-8-3-4-12-9-13-11(10-14(12)17)5-6-15(24-26(18,19)20)16(13)25-27(21,22)23;1-2-7-17-8-3-4-12-9-13-11(10-14(12)17)5-6-15(16(13)18)22-23(19,20)21/h5-6,12,14H,2-4,7-10H2,1H3,(H,18,19,20)(H,21,22,23);5-6,12,14,18H,2-4,7-10H2,1H3,(H,19,20,21)/t2*12-,14-/m11/s1. The lowest BCUT2D eigenvalue weighted by atomic mass is 9.75. The van der Waals surface area contributed by atoms with Crippen LogP contribution in [-0.2, 0) is 56.9 Å². The molecule has 4 atom stereocenters. The minimum Gasteiger partial charge on any atom is -0.504 e. The molecule has 6 rings (SSSR count). The fraction of sp³-hybridized carbons (Fsp3) is 0.625. The molecule has 280 valence electrons. The molecule has 0 amide bonds. The molecule has 2 saturated heterocycles. The SMILES string of the molecule is CCCN1CCC[C@@H]2Cc3c(ccc(OS(=O)(=O)O)c3O)C[C@H]21.CCCN1CCC[C@@H]2Cc3c(ccc(OS(=O)(=O)O)c3OS(=O)(=O)O)C[C@H]21. The van der Waals surface area contributed by atoms with Gasteiger partial charge in [0.1, 0.15) is 0 Å². The summed E-state index contributed by atoms with van der Waals surface area (Å²) in [6.07, 6.45) is 9.11. The second kappa shape index (κ2) is 15.5. The van der Waals surface area contributed by atoms with Gasteiger partial charge < -0.3 is 17.7 Å². The van der Waals surface area contributed by atoms with E-state index in [-0.39, 0.29) is 17.4 Å². The van der Waals surface area contributed by atoms with Gasteiger partial charge in [0.25, 0.3) is 0 Å². The number of phenols is 1. The van der Waals surface area contributed by atoms with E-state index < -0.39 is 42.7 Å². The summed E-state index contributed by atoms with van der Waals surface area (Å²) in [7, 11) is -14.4. The van der Waals surface area contributed by atoms with Gasteiger partial charge in [0.15, 0.2) is 23.0 Å². The summed E-state index contributed by atoms with van der Waals surface area (Å²) in [5.74, 6) is -0.512. The van der Waals surface area contributed by atoms with Crippen molar-refractivity contribution in [1.82, 2.24) is 9.80 Å². The highest BCUT2D eigenvalue weighted by Crippen LogP contribution is 2.44. The summed E-state index contributed by atoms with van der Waals surface area (Å²) in [6.45, 7) is 8.52. The van der Waals surface area contributed by atoms with E-state index in [1.807, 2.05) is 0 Å². The first-order valence-electron chi connectivity index (χ1n) is 16.9. The molecule has 2 heterocycles. The van der Waals surface area contributed by atoms with E-state index in [2.05, 4.69) is 36.2 Å². The molecular formula is C32H46N2O13S3. The largest absolute Gasteiger partial charge is 0.504 e. The van der Waals surface area contributed by atoms with Crippen LogP contribution in [0.2, 0.25) is 0 Å². The zero-order valence-corrected chi connectivity index (χ0v) is 30.6. The van der Waals surface area contributed by atoms with Crippen molar-refractivity contribution in [3.05, 3.63) is 46.5 Å². The Morgan fingerprint density at radius 2 is 1.08 bits per heavy atom. The van der Waals surface area contributed by atoms with E-state index in [9.17, 15) is 30.4 Å². The maximum atomic E-state index is 11.3. The minimum atomic E-state index is -4.90. The Morgan fingerprint density at radius 3 is 1.56 bits per heavy atom. The van der Waals surface area contributed by atoms with Crippen LogP contribution in [0.15, 0.2) is 24.3 Å². The Bertz CT molecular complexity index is 1870. The smallest absolute Gasteiger partial charge is 0.446 e. The van der Waals surface area contributed by atoms with Gasteiger partial charge in [0.05, 0.1) is 0 Å². The molecule has 0 bridgehead atoms. The fourth-order valence-electron chi connectivity index (χ4n) is 8.29. The summed E-state index contributed by atoms with van der Waals surface area (Å²) in [5.41, 5.74) is 3.08. The van der Waals surface area contributed by atoms with Gasteiger partial charge in [-0.2, -0.15) is 25.3 Å². The topological polar surface area (TPSA) is 218 Å². The zero-order chi connectivity index (χ0) is 36.4. The number of likely N-dealkylation sites (tertiary alicyclic amines) is 2. The first-order valence-corrected chi connectivity index (χ1v) is 21.0. The number of piperidine rings is 2. The lowest BCUT2D eigenvalue weighted by Crippen LogP contribution is -2.49. The first-order chi connectivity index (χ1) is 23.5. The molecule has 0 spiro atoms. The molecule has 0 radical (unpaired) electrons. The van der Waals surface area contributed by atoms with Crippen molar-refractivity contribution >= 4 is 31.2 Å². The molecule has 0 saturated carbocycles. The number of benzene rings is 2. The van der Waals surface area contributed by atoms with E-state index in [1.54, 1.807) is 12.1 Å². The van der Waals surface area contributed by atoms with Crippen molar-refractivity contribution in [3.8, 4) is 23.0 Å². The molecule has 0 unspecified atom stereocenters. The highest BCUT2D eigenvalue weighted by Gasteiger charge is 2.39. The number of fused-ring (bicyclic) bond motifs is 4. The van der Waals surface area contributed by atoms with Crippen LogP contribution < -0.4 is 12.5 Å². The van der Waals surface area contributed by atoms with E-state index in [4.69, 9.17) is 13.7 Å². The summed E-state index contributed by atoms with van der Waals surface area (Å²) in [4.78, 5) is 4.97. The van der Waals surface area contributed by atoms with Gasteiger partial charge >= 0.3 is 31.2 Å². The minimum absolute atomic E-state index is 0.161. The number of phenolic OH excluding ortho intramolecular Hbond substituents is 1. The van der Waals surface area contributed by atoms with Crippen LogP contribution in [-0.4, -0.2) is 92.1 Å². The van der Waals surface area contributed by atoms with Crippen molar-refractivity contribution < 1.29 is 56.6 Å². The molecule has 2 aromatic carbocycles. The Labute approximate surface area is 294 Å². The van der Waals surface area contributed by atoms with E-state index in [0.29, 0.717) is 42.8 Å². The Balaban J connectivity index is 0.000000197. The third-order valence-corrected chi connectivity index (χ3v) is 11.3. The summed E-state index contributed by atoms with van der Waals surface area (Å²) < 4.78 is 107. The lowest BCUT2D eigenvalue weighted by molar-refractivity contribution is 0.0848. The van der Waals surface area contributed by atoms with Crippen LogP contribution in [0.4, 0.5) is 0 Å². The van der Waals surface area contributed by atoms with Gasteiger partial charge in [-0.15, -0.1) is 0 Å².